The summed E-state index contributed by atoms with van der Waals surface area (Å²) in [7, 11) is 3.02. The summed E-state index contributed by atoms with van der Waals surface area (Å²) in [5.41, 5.74) is 0.515. The lowest BCUT2D eigenvalue weighted by atomic mass is 10.1. The Balaban J connectivity index is 2.48. The van der Waals surface area contributed by atoms with E-state index in [2.05, 4.69) is 31.9 Å². The van der Waals surface area contributed by atoms with Crippen molar-refractivity contribution in [2.24, 2.45) is 0 Å². The molecule has 0 spiro atoms. The summed E-state index contributed by atoms with van der Waals surface area (Å²) in [5, 5.41) is 1.95. The summed E-state index contributed by atoms with van der Waals surface area (Å²) in [5.74, 6) is 0.560. The van der Waals surface area contributed by atoms with Gasteiger partial charge in [-0.25, -0.2) is 4.39 Å². The topological polar surface area (TPSA) is 18.5 Å². The van der Waals surface area contributed by atoms with E-state index in [9.17, 15) is 4.39 Å². The van der Waals surface area contributed by atoms with Crippen LogP contribution in [0.2, 0.25) is 0 Å². The molecule has 2 nitrogen and oxygen atoms in total. The van der Waals surface area contributed by atoms with Crippen molar-refractivity contribution >= 4 is 43.2 Å². The van der Waals surface area contributed by atoms with Gasteiger partial charge in [-0.2, -0.15) is 0 Å². The molecule has 2 aromatic rings. The van der Waals surface area contributed by atoms with Crippen LogP contribution in [-0.2, 0) is 0 Å². The lowest BCUT2D eigenvalue weighted by molar-refractivity contribution is 0.351. The predicted molar refractivity (Wildman–Crippen MR) is 82.3 cm³/mol. The van der Waals surface area contributed by atoms with Gasteiger partial charge in [-0.1, -0.05) is 15.9 Å². The van der Waals surface area contributed by atoms with E-state index in [1.807, 2.05) is 11.4 Å². The number of hydrogen-bond acceptors (Lipinski definition) is 3. The van der Waals surface area contributed by atoms with Gasteiger partial charge in [0.1, 0.15) is 5.82 Å². The van der Waals surface area contributed by atoms with Gasteiger partial charge in [0.25, 0.3) is 0 Å². The number of alkyl halides is 1. The van der Waals surface area contributed by atoms with E-state index in [1.54, 1.807) is 17.4 Å². The highest BCUT2D eigenvalue weighted by Crippen LogP contribution is 2.42. The second kappa shape index (κ2) is 6.24. The van der Waals surface area contributed by atoms with E-state index in [-0.39, 0.29) is 10.6 Å². The molecule has 1 aromatic heterocycles. The second-order valence-electron chi connectivity index (χ2n) is 3.72. The highest BCUT2D eigenvalue weighted by Gasteiger charge is 2.21. The fourth-order valence-corrected chi connectivity index (χ4v) is 4.51. The molecule has 0 saturated carbocycles. The van der Waals surface area contributed by atoms with Crippen LogP contribution in [0.1, 0.15) is 15.3 Å². The van der Waals surface area contributed by atoms with Gasteiger partial charge in [-0.15, -0.1) is 11.3 Å². The molecule has 0 bridgehead atoms. The number of benzene rings is 1. The van der Waals surface area contributed by atoms with Crippen LogP contribution in [0.25, 0.3) is 0 Å². The number of halogens is 3. The van der Waals surface area contributed by atoms with Gasteiger partial charge in [0.15, 0.2) is 11.5 Å². The molecular weight excluding hydrogens is 399 g/mol. The normalized spacial score (nSPS) is 12.3. The molecular formula is C13H11Br2FO2S. The first-order chi connectivity index (χ1) is 9.08. The molecule has 1 heterocycles. The Hall–Kier alpha value is -0.590. The van der Waals surface area contributed by atoms with Crippen LogP contribution in [0.4, 0.5) is 4.39 Å². The van der Waals surface area contributed by atoms with E-state index in [0.717, 1.165) is 9.35 Å². The number of ether oxygens (including phenoxy) is 2. The smallest absolute Gasteiger partial charge is 0.163 e. The Morgan fingerprint density at radius 3 is 2.37 bits per heavy atom. The zero-order chi connectivity index (χ0) is 14.0. The third-order valence-electron chi connectivity index (χ3n) is 2.65. The summed E-state index contributed by atoms with van der Waals surface area (Å²) in [6, 6.07) is 4.93. The molecule has 0 aliphatic heterocycles. The van der Waals surface area contributed by atoms with Crippen LogP contribution in [0.5, 0.6) is 11.5 Å². The van der Waals surface area contributed by atoms with Crippen molar-refractivity contribution in [3.05, 3.63) is 44.3 Å². The maximum atomic E-state index is 14.2. The second-order valence-corrected chi connectivity index (χ2v) is 6.44. The first kappa shape index (κ1) is 14.8. The van der Waals surface area contributed by atoms with Crippen molar-refractivity contribution in [3.8, 4) is 11.5 Å². The maximum Gasteiger partial charge on any atom is 0.163 e. The number of methoxy groups -OCH3 is 2. The molecule has 0 saturated heterocycles. The third-order valence-corrected chi connectivity index (χ3v) is 5.84. The highest BCUT2D eigenvalue weighted by molar-refractivity contribution is 9.11. The molecule has 0 aliphatic carbocycles. The first-order valence-electron chi connectivity index (χ1n) is 5.36. The minimum absolute atomic E-state index is 0.235. The van der Waals surface area contributed by atoms with Crippen LogP contribution in [0.15, 0.2) is 28.1 Å². The van der Waals surface area contributed by atoms with E-state index in [1.165, 1.54) is 20.3 Å². The molecule has 102 valence electrons. The van der Waals surface area contributed by atoms with Crippen molar-refractivity contribution < 1.29 is 13.9 Å². The fraction of sp³-hybridized carbons (Fsp3) is 0.231. The van der Waals surface area contributed by atoms with Crippen molar-refractivity contribution in [1.82, 2.24) is 0 Å². The molecule has 0 aliphatic rings. The van der Waals surface area contributed by atoms with Crippen molar-refractivity contribution in [1.29, 1.82) is 0 Å². The maximum absolute atomic E-state index is 14.2. The van der Waals surface area contributed by atoms with Gasteiger partial charge in [0, 0.05) is 21.0 Å². The number of thiophene rings is 1. The molecule has 0 fully saturated rings. The lowest BCUT2D eigenvalue weighted by Gasteiger charge is -2.14. The lowest BCUT2D eigenvalue weighted by Crippen LogP contribution is -1.99. The molecule has 19 heavy (non-hydrogen) atoms. The minimum atomic E-state index is -0.333. The summed E-state index contributed by atoms with van der Waals surface area (Å²) in [6.45, 7) is 0. The van der Waals surface area contributed by atoms with E-state index in [0.29, 0.717) is 17.1 Å². The quantitative estimate of drug-likeness (QED) is 0.650. The predicted octanol–water partition coefficient (Wildman–Crippen LogP) is 5.15. The highest BCUT2D eigenvalue weighted by atomic mass is 79.9. The van der Waals surface area contributed by atoms with E-state index < -0.39 is 0 Å². The average Bonchev–Trinajstić information content (AvgIpc) is 2.83. The van der Waals surface area contributed by atoms with Crippen LogP contribution in [-0.4, -0.2) is 14.2 Å². The summed E-state index contributed by atoms with van der Waals surface area (Å²) in [4.78, 5) is 0.771. The Kier molecular flexibility index (Phi) is 4.86. The monoisotopic (exact) mass is 408 g/mol. The molecule has 1 atom stereocenters. The molecule has 0 amide bonds. The Morgan fingerprint density at radius 1 is 1.21 bits per heavy atom. The summed E-state index contributed by atoms with van der Waals surface area (Å²) in [6.07, 6.45) is 0. The van der Waals surface area contributed by atoms with Crippen molar-refractivity contribution in [2.45, 2.75) is 4.83 Å². The average molecular weight is 410 g/mol. The number of rotatable bonds is 4. The standard InChI is InChI=1S/C13H11Br2FO2S/c1-17-10-5-7(9(16)6-11(10)18-2)12(15)13-8(14)3-4-19-13/h3-6,12H,1-2H3. The van der Waals surface area contributed by atoms with Gasteiger partial charge in [0.2, 0.25) is 0 Å². The van der Waals surface area contributed by atoms with Crippen molar-refractivity contribution in [2.75, 3.05) is 14.2 Å². The Bertz CT molecular complexity index is 586. The SMILES string of the molecule is COc1cc(F)c(C(Br)c2sccc2Br)cc1OC. The van der Waals surface area contributed by atoms with Crippen LogP contribution in [0, 0.1) is 5.82 Å². The Labute approximate surface area is 131 Å². The van der Waals surface area contributed by atoms with Gasteiger partial charge in [-0.3, -0.25) is 0 Å². The van der Waals surface area contributed by atoms with Gasteiger partial charge < -0.3 is 9.47 Å². The largest absolute Gasteiger partial charge is 0.493 e. The van der Waals surface area contributed by atoms with Crippen LogP contribution in [0.3, 0.4) is 0 Å². The molecule has 1 unspecified atom stereocenters. The zero-order valence-electron chi connectivity index (χ0n) is 10.2. The molecule has 6 heteroatoms. The van der Waals surface area contributed by atoms with Gasteiger partial charge in [-0.05, 0) is 33.4 Å². The minimum Gasteiger partial charge on any atom is -0.493 e. The number of hydrogen-bond donors (Lipinski definition) is 0. The van der Waals surface area contributed by atoms with Crippen molar-refractivity contribution in [3.63, 3.8) is 0 Å². The van der Waals surface area contributed by atoms with E-state index >= 15 is 0 Å². The van der Waals surface area contributed by atoms with Crippen LogP contribution < -0.4 is 9.47 Å². The molecule has 0 radical (unpaired) electrons. The van der Waals surface area contributed by atoms with Crippen LogP contribution >= 0.6 is 43.2 Å². The third kappa shape index (κ3) is 2.95. The fourth-order valence-electron chi connectivity index (χ4n) is 1.69. The van der Waals surface area contributed by atoms with Gasteiger partial charge in [0.05, 0.1) is 19.0 Å². The van der Waals surface area contributed by atoms with E-state index in [4.69, 9.17) is 9.47 Å². The molecule has 1 aromatic carbocycles. The van der Waals surface area contributed by atoms with Gasteiger partial charge >= 0.3 is 0 Å². The Morgan fingerprint density at radius 2 is 1.84 bits per heavy atom. The summed E-state index contributed by atoms with van der Waals surface area (Å²) < 4.78 is 25.4. The zero-order valence-corrected chi connectivity index (χ0v) is 14.2. The molecule has 2 rings (SSSR count). The first-order valence-corrected chi connectivity index (χ1v) is 7.95. The summed E-state index contributed by atoms with van der Waals surface area (Å²) >= 11 is 8.54. The molecule has 0 N–H and O–H groups in total.